The molecule has 1 rings (SSSR count). The second-order valence-corrected chi connectivity index (χ2v) is 13.8. The fourth-order valence-electron chi connectivity index (χ4n) is 4.42. The molecule has 0 aliphatic rings. The molecule has 0 saturated heterocycles. The number of alkyl carbamates (subject to hydrolysis) is 1. The molecule has 0 aliphatic carbocycles. The van der Waals surface area contributed by atoms with E-state index in [0.717, 1.165) is 5.56 Å². The van der Waals surface area contributed by atoms with E-state index < -0.39 is 47.7 Å². The third-order valence-corrected chi connectivity index (χ3v) is 7.38. The lowest BCUT2D eigenvalue weighted by atomic mass is 9.91. The molecule has 0 aromatic heterocycles. The molecule has 0 fully saturated rings. The molecule has 0 spiro atoms. The zero-order valence-electron chi connectivity index (χ0n) is 27.4. The summed E-state index contributed by atoms with van der Waals surface area (Å²) in [6, 6.07) is 7.30. The summed E-state index contributed by atoms with van der Waals surface area (Å²) in [6.07, 6.45) is 1.14. The van der Waals surface area contributed by atoms with Crippen LogP contribution in [0.4, 0.5) is 4.79 Å². The Morgan fingerprint density at radius 1 is 0.884 bits per heavy atom. The number of aliphatic hydroxyl groups is 1. The molecule has 5 N–H and O–H groups in total. The number of thioether (sulfide) groups is 1. The van der Waals surface area contributed by atoms with E-state index in [9.17, 15) is 24.3 Å². The highest BCUT2D eigenvalue weighted by molar-refractivity contribution is 7.98. The highest BCUT2D eigenvalue weighted by Gasteiger charge is 2.32. The highest BCUT2D eigenvalue weighted by Crippen LogP contribution is 2.17. The van der Waals surface area contributed by atoms with Gasteiger partial charge in [-0.3, -0.25) is 14.4 Å². The Bertz CT molecular complexity index is 1010. The summed E-state index contributed by atoms with van der Waals surface area (Å²) in [5.41, 5.74) is 0.242. The second-order valence-electron chi connectivity index (χ2n) is 12.9. The van der Waals surface area contributed by atoms with E-state index in [4.69, 9.17) is 4.74 Å². The Kier molecular flexibility index (Phi) is 16.7. The molecule has 1 aromatic rings. The Balaban J connectivity index is 2.88. The number of nitrogens with one attached hydrogen (secondary N) is 4. The van der Waals surface area contributed by atoms with Crippen molar-refractivity contribution >= 4 is 35.6 Å². The molecule has 0 heterocycles. The van der Waals surface area contributed by atoms with Crippen LogP contribution in [0.2, 0.25) is 0 Å². The van der Waals surface area contributed by atoms with Gasteiger partial charge in [0.2, 0.25) is 17.7 Å². The van der Waals surface area contributed by atoms with Crippen molar-refractivity contribution in [1.82, 2.24) is 21.3 Å². The summed E-state index contributed by atoms with van der Waals surface area (Å²) < 4.78 is 5.34. The molecule has 43 heavy (non-hydrogen) atoms. The molecule has 0 bridgehead atoms. The summed E-state index contributed by atoms with van der Waals surface area (Å²) in [4.78, 5) is 51.8. The quantitative estimate of drug-likeness (QED) is 0.177. The van der Waals surface area contributed by atoms with E-state index >= 15 is 0 Å². The van der Waals surface area contributed by atoms with Crippen LogP contribution in [0.1, 0.15) is 80.2 Å². The summed E-state index contributed by atoms with van der Waals surface area (Å²) >= 11 is 1.55. The summed E-state index contributed by atoms with van der Waals surface area (Å²) in [5.74, 6) is -1.05. The lowest BCUT2D eigenvalue weighted by Gasteiger charge is -2.30. The van der Waals surface area contributed by atoms with Crippen LogP contribution in [0.5, 0.6) is 0 Å². The van der Waals surface area contributed by atoms with Crippen LogP contribution < -0.4 is 21.3 Å². The minimum Gasteiger partial charge on any atom is -0.444 e. The van der Waals surface area contributed by atoms with Crippen LogP contribution in [-0.2, 0) is 25.7 Å². The van der Waals surface area contributed by atoms with Gasteiger partial charge in [-0.2, -0.15) is 11.8 Å². The van der Waals surface area contributed by atoms with Crippen molar-refractivity contribution in [3.63, 3.8) is 0 Å². The van der Waals surface area contributed by atoms with Crippen molar-refractivity contribution in [3.05, 3.63) is 35.9 Å². The predicted octanol–water partition coefficient (Wildman–Crippen LogP) is 4.01. The average molecular weight is 623 g/mol. The number of rotatable bonds is 17. The number of hydrogen-bond donors (Lipinski definition) is 5. The van der Waals surface area contributed by atoms with Gasteiger partial charge in [0.15, 0.2) is 0 Å². The number of carbonyl (C=O) groups excluding carboxylic acids is 4. The van der Waals surface area contributed by atoms with Crippen molar-refractivity contribution in [2.45, 2.75) is 111 Å². The third kappa shape index (κ3) is 15.5. The van der Waals surface area contributed by atoms with E-state index in [0.29, 0.717) is 25.1 Å². The van der Waals surface area contributed by atoms with E-state index in [-0.39, 0.29) is 30.1 Å². The van der Waals surface area contributed by atoms with Crippen molar-refractivity contribution < 1.29 is 29.0 Å². The number of aliphatic hydroxyl groups excluding tert-OH is 1. The first kappa shape index (κ1) is 38.2. The van der Waals surface area contributed by atoms with Crippen LogP contribution in [0, 0.1) is 17.8 Å². The first-order chi connectivity index (χ1) is 20.0. The van der Waals surface area contributed by atoms with Gasteiger partial charge in [0.1, 0.15) is 17.7 Å². The Hall–Kier alpha value is -2.79. The number of amides is 4. The zero-order chi connectivity index (χ0) is 32.7. The van der Waals surface area contributed by atoms with Crippen molar-refractivity contribution in [2.24, 2.45) is 17.8 Å². The topological polar surface area (TPSA) is 146 Å². The van der Waals surface area contributed by atoms with Gasteiger partial charge in [-0.05, 0) is 69.4 Å². The lowest BCUT2D eigenvalue weighted by Crippen LogP contribution is -2.54. The van der Waals surface area contributed by atoms with Gasteiger partial charge in [-0.25, -0.2) is 4.79 Å². The molecule has 0 saturated carbocycles. The maximum atomic E-state index is 13.3. The Morgan fingerprint density at radius 2 is 1.51 bits per heavy atom. The largest absolute Gasteiger partial charge is 0.444 e. The van der Waals surface area contributed by atoms with Crippen LogP contribution in [0.15, 0.2) is 30.3 Å². The molecule has 244 valence electrons. The molecule has 4 amide bonds. The lowest BCUT2D eigenvalue weighted by molar-refractivity contribution is -0.132. The normalized spacial score (nSPS) is 15.2. The predicted molar refractivity (Wildman–Crippen MR) is 172 cm³/mol. The van der Waals surface area contributed by atoms with Gasteiger partial charge in [-0.1, -0.05) is 65.0 Å². The highest BCUT2D eigenvalue weighted by atomic mass is 32.2. The minimum atomic E-state index is -1.03. The zero-order valence-corrected chi connectivity index (χ0v) is 28.2. The van der Waals surface area contributed by atoms with Gasteiger partial charge in [0.05, 0.1) is 12.1 Å². The maximum Gasteiger partial charge on any atom is 0.408 e. The monoisotopic (exact) mass is 622 g/mol. The third-order valence-electron chi connectivity index (χ3n) is 6.73. The number of hydrogen-bond acceptors (Lipinski definition) is 7. The Morgan fingerprint density at radius 3 is 2.05 bits per heavy atom. The standard InChI is InChI=1S/C32H54N4O6S/c1-20(2)17-25(34-29(39)24(15-16-43-9)35-31(41)42-32(6,7)8)26(37)18-22(5)28(38)36-27(21(3)4)30(40)33-19-23-13-11-10-12-14-23/h10-14,20-22,24-27,37H,15-19H2,1-9H3,(H,33,40)(H,34,39)(H,35,41)(H,36,38)/t22?,24?,25-,26?,27?/m0/s1. The maximum absolute atomic E-state index is 13.3. The fourth-order valence-corrected chi connectivity index (χ4v) is 4.89. The summed E-state index contributed by atoms with van der Waals surface area (Å²) in [7, 11) is 0. The number of carbonyl (C=O) groups is 4. The SMILES string of the molecule is CSCCC(NC(=O)OC(C)(C)C)C(=O)N[C@@H](CC(C)C)C(O)CC(C)C(=O)NC(C(=O)NCc1ccccc1)C(C)C. The van der Waals surface area contributed by atoms with Crippen molar-refractivity contribution in [3.8, 4) is 0 Å². The molecule has 10 nitrogen and oxygen atoms in total. The first-order valence-electron chi connectivity index (χ1n) is 15.1. The van der Waals surface area contributed by atoms with Gasteiger partial charge < -0.3 is 31.1 Å². The van der Waals surface area contributed by atoms with Gasteiger partial charge in [-0.15, -0.1) is 0 Å². The minimum absolute atomic E-state index is 0.0783. The van der Waals surface area contributed by atoms with E-state index in [1.54, 1.807) is 39.5 Å². The van der Waals surface area contributed by atoms with Crippen molar-refractivity contribution in [2.75, 3.05) is 12.0 Å². The molecule has 0 radical (unpaired) electrons. The fraction of sp³-hybridized carbons (Fsp3) is 0.688. The molecular weight excluding hydrogens is 568 g/mol. The van der Waals surface area contributed by atoms with Crippen LogP contribution in [0.3, 0.4) is 0 Å². The van der Waals surface area contributed by atoms with Crippen LogP contribution >= 0.6 is 11.8 Å². The molecule has 11 heteroatoms. The molecule has 5 atom stereocenters. The smallest absolute Gasteiger partial charge is 0.408 e. The summed E-state index contributed by atoms with van der Waals surface area (Å²) in [6.45, 7) is 15.0. The first-order valence-corrected chi connectivity index (χ1v) is 16.5. The van der Waals surface area contributed by atoms with Gasteiger partial charge in [0.25, 0.3) is 0 Å². The van der Waals surface area contributed by atoms with E-state index in [2.05, 4.69) is 21.3 Å². The summed E-state index contributed by atoms with van der Waals surface area (Å²) in [5, 5.41) is 22.5. The number of ether oxygens (including phenoxy) is 1. The molecule has 0 aliphatic heterocycles. The van der Waals surface area contributed by atoms with E-state index in [1.165, 1.54) is 0 Å². The molecule has 4 unspecified atom stereocenters. The van der Waals surface area contributed by atoms with Gasteiger partial charge in [0, 0.05) is 12.5 Å². The Labute approximate surface area is 262 Å². The average Bonchev–Trinajstić information content (AvgIpc) is 2.91. The van der Waals surface area contributed by atoms with Crippen LogP contribution in [-0.4, -0.2) is 70.8 Å². The molecular formula is C32H54N4O6S. The number of benzene rings is 1. The second kappa shape index (κ2) is 18.8. The molecule has 1 aromatic carbocycles. The van der Waals surface area contributed by atoms with E-state index in [1.807, 2.05) is 64.3 Å². The van der Waals surface area contributed by atoms with Crippen LogP contribution in [0.25, 0.3) is 0 Å². The van der Waals surface area contributed by atoms with Gasteiger partial charge >= 0.3 is 6.09 Å². The van der Waals surface area contributed by atoms with Crippen molar-refractivity contribution in [1.29, 1.82) is 0 Å².